The van der Waals surface area contributed by atoms with Gasteiger partial charge in [0.2, 0.25) is 0 Å². The second-order valence-electron chi connectivity index (χ2n) is 3.79. The van der Waals surface area contributed by atoms with Crippen molar-refractivity contribution < 1.29 is 22.8 Å². The molecule has 0 unspecified atom stereocenters. The molecule has 0 saturated heterocycles. The second-order valence-corrected chi connectivity index (χ2v) is 3.79. The number of nitrogens with one attached hydrogen (secondary N) is 1. The van der Waals surface area contributed by atoms with Crippen LogP contribution in [0.1, 0.15) is 38.8 Å². The monoisotopic (exact) mass is 243 g/mol. The van der Waals surface area contributed by atoms with Crippen molar-refractivity contribution in [2.75, 3.05) is 0 Å². The number of rotatable bonds is 1. The van der Waals surface area contributed by atoms with Gasteiger partial charge in [0.1, 0.15) is 0 Å². The Labute approximate surface area is 94.6 Å². The number of hydrogen-bond donors (Lipinski definition) is 1. The first-order valence-corrected chi connectivity index (χ1v) is 4.84. The van der Waals surface area contributed by atoms with Crippen molar-refractivity contribution in [2.24, 2.45) is 0 Å². The van der Waals surface area contributed by atoms with E-state index in [4.69, 9.17) is 0 Å². The third kappa shape index (κ3) is 1.90. The SMILES string of the molecule is CC(=O)c1cc2c(c(C(F)(F)F)c1)CNC2=O. The topological polar surface area (TPSA) is 46.2 Å². The molecule has 0 fully saturated rings. The van der Waals surface area contributed by atoms with Crippen LogP contribution in [0.15, 0.2) is 12.1 Å². The molecule has 0 radical (unpaired) electrons. The standard InChI is InChI=1S/C11H8F3NO2/c1-5(16)6-2-7-8(4-15-10(7)17)9(3-6)11(12,13)14/h2-3H,4H2,1H3,(H,15,17). The smallest absolute Gasteiger partial charge is 0.348 e. The van der Waals surface area contributed by atoms with E-state index in [9.17, 15) is 22.8 Å². The van der Waals surface area contributed by atoms with Crippen LogP contribution >= 0.6 is 0 Å². The summed E-state index contributed by atoms with van der Waals surface area (Å²) in [6, 6.07) is 2.00. The molecule has 1 heterocycles. The van der Waals surface area contributed by atoms with Gasteiger partial charge in [0.15, 0.2) is 5.78 Å². The molecule has 0 aliphatic carbocycles. The van der Waals surface area contributed by atoms with Crippen LogP contribution in [0.4, 0.5) is 13.2 Å². The molecule has 0 aromatic heterocycles. The summed E-state index contributed by atoms with van der Waals surface area (Å²) < 4.78 is 38.3. The van der Waals surface area contributed by atoms with Crippen LogP contribution in [-0.2, 0) is 12.7 Å². The predicted octanol–water partition coefficient (Wildman–Crippen LogP) is 2.15. The lowest BCUT2D eigenvalue weighted by molar-refractivity contribution is -0.138. The van der Waals surface area contributed by atoms with Crippen LogP contribution in [0.2, 0.25) is 0 Å². The van der Waals surface area contributed by atoms with Gasteiger partial charge in [-0.3, -0.25) is 9.59 Å². The van der Waals surface area contributed by atoms with E-state index in [1.165, 1.54) is 6.07 Å². The van der Waals surface area contributed by atoms with Gasteiger partial charge in [0.25, 0.3) is 5.91 Å². The maximum absolute atomic E-state index is 12.8. The molecule has 1 aromatic carbocycles. The first kappa shape index (κ1) is 11.6. The van der Waals surface area contributed by atoms with Gasteiger partial charge >= 0.3 is 6.18 Å². The average Bonchev–Trinajstić information content (AvgIpc) is 2.58. The Kier molecular flexibility index (Phi) is 2.45. The van der Waals surface area contributed by atoms with Gasteiger partial charge in [-0.05, 0) is 24.6 Å². The zero-order valence-electron chi connectivity index (χ0n) is 8.81. The maximum Gasteiger partial charge on any atom is 0.416 e. The molecule has 17 heavy (non-hydrogen) atoms. The van der Waals surface area contributed by atoms with E-state index in [1.54, 1.807) is 0 Å². The molecule has 6 heteroatoms. The molecule has 1 N–H and O–H groups in total. The normalized spacial score (nSPS) is 14.5. The van der Waals surface area contributed by atoms with Crippen LogP contribution in [0.5, 0.6) is 0 Å². The van der Waals surface area contributed by atoms with Gasteiger partial charge in [0, 0.05) is 17.7 Å². The molecule has 1 aromatic rings. The molecule has 90 valence electrons. The van der Waals surface area contributed by atoms with E-state index < -0.39 is 23.4 Å². The predicted molar refractivity (Wildman–Crippen MR) is 52.6 cm³/mol. The van der Waals surface area contributed by atoms with Crippen molar-refractivity contribution in [1.82, 2.24) is 5.32 Å². The Morgan fingerprint density at radius 3 is 2.53 bits per heavy atom. The molecule has 1 aliphatic heterocycles. The Balaban J connectivity index is 2.71. The molecule has 1 aliphatic rings. The van der Waals surface area contributed by atoms with Crippen molar-refractivity contribution >= 4 is 11.7 Å². The van der Waals surface area contributed by atoms with Gasteiger partial charge in [0.05, 0.1) is 5.56 Å². The zero-order valence-corrected chi connectivity index (χ0v) is 8.81. The molecule has 0 saturated carbocycles. The quantitative estimate of drug-likeness (QED) is 0.768. The first-order valence-electron chi connectivity index (χ1n) is 4.84. The number of amides is 1. The lowest BCUT2D eigenvalue weighted by Gasteiger charge is -2.12. The van der Waals surface area contributed by atoms with E-state index in [1.807, 2.05) is 0 Å². The average molecular weight is 243 g/mol. The third-order valence-electron chi connectivity index (χ3n) is 2.63. The first-order chi connectivity index (χ1) is 7.80. The Morgan fingerprint density at radius 2 is 2.00 bits per heavy atom. The number of ketones is 1. The number of carbonyl (C=O) groups is 2. The molecule has 1 amide bonds. The van der Waals surface area contributed by atoms with Crippen LogP contribution in [0.3, 0.4) is 0 Å². The van der Waals surface area contributed by atoms with Crippen molar-refractivity contribution in [3.8, 4) is 0 Å². The molecule has 2 rings (SSSR count). The maximum atomic E-state index is 12.8. The van der Waals surface area contributed by atoms with Crippen LogP contribution < -0.4 is 5.32 Å². The molecule has 0 atom stereocenters. The highest BCUT2D eigenvalue weighted by Gasteiger charge is 2.37. The zero-order chi connectivity index (χ0) is 12.8. The number of halogens is 3. The highest BCUT2D eigenvalue weighted by atomic mass is 19.4. The summed E-state index contributed by atoms with van der Waals surface area (Å²) in [5.41, 5.74) is -1.18. The van der Waals surface area contributed by atoms with Crippen LogP contribution in [0.25, 0.3) is 0 Å². The Bertz CT molecular complexity index is 520. The molecular formula is C11H8F3NO2. The fraction of sp³-hybridized carbons (Fsp3) is 0.273. The number of alkyl halides is 3. The summed E-state index contributed by atoms with van der Waals surface area (Å²) in [6.45, 7) is 1.01. The highest BCUT2D eigenvalue weighted by Crippen LogP contribution is 2.36. The van der Waals surface area contributed by atoms with Crippen molar-refractivity contribution in [2.45, 2.75) is 19.6 Å². The van der Waals surface area contributed by atoms with E-state index in [-0.39, 0.29) is 23.2 Å². The summed E-state index contributed by atoms with van der Waals surface area (Å²) in [5.74, 6) is -1.08. The summed E-state index contributed by atoms with van der Waals surface area (Å²) in [5, 5.41) is 2.31. The van der Waals surface area contributed by atoms with Gasteiger partial charge < -0.3 is 5.32 Å². The second kappa shape index (κ2) is 3.58. The molecular weight excluding hydrogens is 235 g/mol. The van der Waals surface area contributed by atoms with Gasteiger partial charge in [-0.25, -0.2) is 0 Å². The number of Topliss-reactive ketones (excluding diaryl/α,β-unsaturated/α-hetero) is 1. The highest BCUT2D eigenvalue weighted by molar-refractivity contribution is 6.02. The van der Waals surface area contributed by atoms with Gasteiger partial charge in [-0.15, -0.1) is 0 Å². The lowest BCUT2D eigenvalue weighted by atomic mass is 9.97. The summed E-state index contributed by atoms with van der Waals surface area (Å²) in [7, 11) is 0. The van der Waals surface area contributed by atoms with Crippen molar-refractivity contribution in [1.29, 1.82) is 0 Å². The summed E-state index contributed by atoms with van der Waals surface area (Å²) >= 11 is 0. The number of benzene rings is 1. The number of fused-ring (bicyclic) bond motifs is 1. The van der Waals surface area contributed by atoms with E-state index in [0.29, 0.717) is 0 Å². The minimum atomic E-state index is -4.57. The largest absolute Gasteiger partial charge is 0.416 e. The lowest BCUT2D eigenvalue weighted by Crippen LogP contribution is -2.12. The van der Waals surface area contributed by atoms with Crippen molar-refractivity contribution in [3.63, 3.8) is 0 Å². The van der Waals surface area contributed by atoms with Crippen LogP contribution in [0, 0.1) is 0 Å². The minimum absolute atomic E-state index is 0.0648. The summed E-state index contributed by atoms with van der Waals surface area (Å²) in [4.78, 5) is 22.5. The molecule has 0 bridgehead atoms. The van der Waals surface area contributed by atoms with Crippen LogP contribution in [-0.4, -0.2) is 11.7 Å². The van der Waals surface area contributed by atoms with E-state index >= 15 is 0 Å². The summed E-state index contributed by atoms with van der Waals surface area (Å²) in [6.07, 6.45) is -4.57. The van der Waals surface area contributed by atoms with E-state index in [0.717, 1.165) is 13.0 Å². The minimum Gasteiger partial charge on any atom is -0.348 e. The fourth-order valence-corrected chi connectivity index (χ4v) is 1.79. The van der Waals surface area contributed by atoms with Gasteiger partial charge in [-0.1, -0.05) is 0 Å². The Hall–Kier alpha value is -1.85. The number of hydrogen-bond acceptors (Lipinski definition) is 2. The molecule has 0 spiro atoms. The van der Waals surface area contributed by atoms with Gasteiger partial charge in [-0.2, -0.15) is 13.2 Å². The third-order valence-corrected chi connectivity index (χ3v) is 2.63. The van der Waals surface area contributed by atoms with Crippen molar-refractivity contribution in [3.05, 3.63) is 34.4 Å². The van der Waals surface area contributed by atoms with E-state index in [2.05, 4.69) is 5.32 Å². The number of carbonyl (C=O) groups excluding carboxylic acids is 2. The molecule has 3 nitrogen and oxygen atoms in total. The Morgan fingerprint density at radius 1 is 1.35 bits per heavy atom. The fourth-order valence-electron chi connectivity index (χ4n) is 1.79.